The van der Waals surface area contributed by atoms with E-state index in [4.69, 9.17) is 10.5 Å². The number of esters is 1. The molecule has 0 saturated carbocycles. The summed E-state index contributed by atoms with van der Waals surface area (Å²) in [5.41, 5.74) is 8.01. The normalized spacial score (nSPS) is 16.6. The minimum atomic E-state index is -2.90. The molecule has 0 spiro atoms. The Morgan fingerprint density at radius 2 is 1.89 bits per heavy atom. The number of nitrogens with two attached hydrogens (primary N) is 1. The van der Waals surface area contributed by atoms with Crippen LogP contribution in [0.2, 0.25) is 0 Å². The first-order valence-corrected chi connectivity index (χ1v) is 10.2. The van der Waals surface area contributed by atoms with Crippen LogP contribution in [0.1, 0.15) is 21.6 Å². The van der Waals surface area contributed by atoms with Gasteiger partial charge in [0, 0.05) is 31.5 Å². The van der Waals surface area contributed by atoms with Gasteiger partial charge in [-0.15, -0.1) is 0 Å². The largest absolute Gasteiger partial charge is 0.464 e. The number of carbonyl (C=O) groups excluding carboxylic acids is 1. The maximum atomic E-state index is 12.1. The number of ether oxygens (including phenoxy) is 1. The van der Waals surface area contributed by atoms with Crippen molar-refractivity contribution < 1.29 is 17.9 Å². The third-order valence-electron chi connectivity index (χ3n) is 4.60. The molecular weight excluding hydrogens is 368 g/mol. The summed E-state index contributed by atoms with van der Waals surface area (Å²) in [6.45, 7) is 1.70. The number of nitrogen functional groups attached to an aromatic ring is 1. The number of benzene rings is 1. The van der Waals surface area contributed by atoms with Crippen molar-refractivity contribution in [3.05, 3.63) is 47.3 Å². The van der Waals surface area contributed by atoms with E-state index in [1.54, 1.807) is 0 Å². The van der Waals surface area contributed by atoms with Gasteiger partial charge in [0.25, 0.3) is 0 Å². The highest BCUT2D eigenvalue weighted by molar-refractivity contribution is 7.91. The molecule has 0 amide bonds. The first kappa shape index (κ1) is 18.9. The zero-order valence-electron chi connectivity index (χ0n) is 14.9. The maximum Gasteiger partial charge on any atom is 0.357 e. The summed E-state index contributed by atoms with van der Waals surface area (Å²) in [7, 11) is -1.64. The molecule has 9 heteroatoms. The molecule has 2 aromatic rings. The quantitative estimate of drug-likeness (QED) is 0.775. The summed E-state index contributed by atoms with van der Waals surface area (Å²) in [6, 6.07) is 9.42. The van der Waals surface area contributed by atoms with Crippen LogP contribution in [0.25, 0.3) is 5.69 Å². The molecule has 1 aliphatic heterocycles. The van der Waals surface area contributed by atoms with E-state index in [0.717, 1.165) is 5.56 Å². The summed E-state index contributed by atoms with van der Waals surface area (Å²) in [6.07, 6.45) is 1.51. The number of nitrogens with zero attached hydrogens (tertiary/aromatic N) is 3. The van der Waals surface area contributed by atoms with Crippen molar-refractivity contribution in [1.82, 2.24) is 9.47 Å². The van der Waals surface area contributed by atoms with Gasteiger partial charge in [-0.25, -0.2) is 13.2 Å². The number of rotatable bonds is 4. The van der Waals surface area contributed by atoms with Crippen molar-refractivity contribution in [2.45, 2.75) is 6.54 Å². The van der Waals surface area contributed by atoms with Gasteiger partial charge >= 0.3 is 5.97 Å². The van der Waals surface area contributed by atoms with Gasteiger partial charge in [0.05, 0.1) is 29.9 Å². The van der Waals surface area contributed by atoms with Crippen LogP contribution in [0.15, 0.2) is 30.5 Å². The lowest BCUT2D eigenvalue weighted by Crippen LogP contribution is -2.39. The number of hydrogen-bond acceptors (Lipinski definition) is 7. The Morgan fingerprint density at radius 1 is 1.26 bits per heavy atom. The van der Waals surface area contributed by atoms with Crippen molar-refractivity contribution >= 4 is 21.5 Å². The van der Waals surface area contributed by atoms with Crippen LogP contribution in [-0.2, 0) is 21.1 Å². The second kappa shape index (κ2) is 7.42. The fraction of sp³-hybridized carbons (Fsp3) is 0.333. The van der Waals surface area contributed by atoms with Crippen LogP contribution in [0.4, 0.5) is 5.69 Å². The Bertz CT molecular complexity index is 989. The van der Waals surface area contributed by atoms with Gasteiger partial charge in [-0.05, 0) is 17.7 Å². The minimum Gasteiger partial charge on any atom is -0.464 e. The number of aromatic nitrogens is 1. The minimum absolute atomic E-state index is 0.0861. The van der Waals surface area contributed by atoms with E-state index < -0.39 is 15.8 Å². The van der Waals surface area contributed by atoms with Gasteiger partial charge < -0.3 is 15.0 Å². The number of anilines is 1. The SMILES string of the molecule is COC(=O)c1c(N)c(C#N)cn1-c1ccc(CN2CCS(=O)(=O)CC2)cc1. The summed E-state index contributed by atoms with van der Waals surface area (Å²) in [5.74, 6) is -0.243. The molecule has 2 N–H and O–H groups in total. The number of methoxy groups -OCH3 is 1. The monoisotopic (exact) mass is 388 g/mol. The first-order valence-electron chi connectivity index (χ1n) is 8.36. The second-order valence-corrected chi connectivity index (χ2v) is 8.68. The highest BCUT2D eigenvalue weighted by Crippen LogP contribution is 2.25. The van der Waals surface area contributed by atoms with Crippen molar-refractivity contribution in [3.8, 4) is 11.8 Å². The Balaban J connectivity index is 1.82. The summed E-state index contributed by atoms with van der Waals surface area (Å²) < 4.78 is 29.3. The van der Waals surface area contributed by atoms with Gasteiger partial charge in [0.1, 0.15) is 6.07 Å². The van der Waals surface area contributed by atoms with Crippen molar-refractivity contribution in [1.29, 1.82) is 5.26 Å². The molecule has 3 rings (SSSR count). The van der Waals surface area contributed by atoms with Crippen molar-refractivity contribution in [2.75, 3.05) is 37.4 Å². The van der Waals surface area contributed by atoms with E-state index in [0.29, 0.717) is 25.3 Å². The van der Waals surface area contributed by atoms with Gasteiger partial charge in [0.15, 0.2) is 15.5 Å². The fourth-order valence-electron chi connectivity index (χ4n) is 3.05. The van der Waals surface area contributed by atoms with Crippen molar-refractivity contribution in [2.24, 2.45) is 0 Å². The second-order valence-electron chi connectivity index (χ2n) is 6.37. The Morgan fingerprint density at radius 3 is 2.44 bits per heavy atom. The van der Waals surface area contributed by atoms with E-state index in [2.05, 4.69) is 4.90 Å². The number of sulfone groups is 1. The average molecular weight is 388 g/mol. The van der Waals surface area contributed by atoms with Crippen LogP contribution in [0.5, 0.6) is 0 Å². The van der Waals surface area contributed by atoms with E-state index in [-0.39, 0.29) is 28.5 Å². The Kier molecular flexibility index (Phi) is 5.21. The molecule has 1 saturated heterocycles. The van der Waals surface area contributed by atoms with Crippen LogP contribution < -0.4 is 5.73 Å². The number of nitriles is 1. The zero-order valence-corrected chi connectivity index (χ0v) is 15.7. The Labute approximate surface area is 157 Å². The zero-order chi connectivity index (χ0) is 19.6. The van der Waals surface area contributed by atoms with Gasteiger partial charge in [-0.1, -0.05) is 12.1 Å². The number of hydrogen-bond donors (Lipinski definition) is 1. The molecule has 1 aliphatic rings. The predicted octanol–water partition coefficient (Wildman–Crippen LogP) is 0.948. The standard InChI is InChI=1S/C18H20N4O4S/c1-26-18(23)17-16(20)14(10-19)12-22(17)15-4-2-13(3-5-15)11-21-6-8-27(24,25)9-7-21/h2-5,12H,6-9,11,20H2,1H3. The average Bonchev–Trinajstić information content (AvgIpc) is 3.00. The highest BCUT2D eigenvalue weighted by Gasteiger charge is 2.23. The van der Waals surface area contributed by atoms with Crippen molar-refractivity contribution in [3.63, 3.8) is 0 Å². The molecule has 0 aliphatic carbocycles. The lowest BCUT2D eigenvalue weighted by Gasteiger charge is -2.26. The van der Waals surface area contributed by atoms with Gasteiger partial charge in [-0.3, -0.25) is 4.90 Å². The lowest BCUT2D eigenvalue weighted by atomic mass is 10.2. The van der Waals surface area contributed by atoms with Crippen LogP contribution >= 0.6 is 0 Å². The molecule has 1 aromatic carbocycles. The molecule has 27 heavy (non-hydrogen) atoms. The first-order chi connectivity index (χ1) is 12.8. The molecule has 0 unspecified atom stereocenters. The molecule has 0 bridgehead atoms. The molecule has 142 valence electrons. The predicted molar refractivity (Wildman–Crippen MR) is 100 cm³/mol. The Hall–Kier alpha value is -2.83. The molecule has 0 atom stereocenters. The fourth-order valence-corrected chi connectivity index (χ4v) is 4.32. The maximum absolute atomic E-state index is 12.1. The van der Waals surface area contributed by atoms with Crippen LogP contribution in [-0.4, -0.2) is 55.6 Å². The van der Waals surface area contributed by atoms with E-state index in [1.807, 2.05) is 30.3 Å². The van der Waals surface area contributed by atoms with Crippen LogP contribution in [0.3, 0.4) is 0 Å². The van der Waals surface area contributed by atoms with E-state index in [9.17, 15) is 18.5 Å². The molecule has 2 heterocycles. The number of carbonyl (C=O) groups is 1. The molecule has 1 fully saturated rings. The van der Waals surface area contributed by atoms with Crippen LogP contribution in [0, 0.1) is 11.3 Å². The van der Waals surface area contributed by atoms with Gasteiger partial charge in [0.2, 0.25) is 0 Å². The third-order valence-corrected chi connectivity index (χ3v) is 6.21. The summed E-state index contributed by atoms with van der Waals surface area (Å²) >= 11 is 0. The third kappa shape index (κ3) is 3.97. The highest BCUT2D eigenvalue weighted by atomic mass is 32.2. The van der Waals surface area contributed by atoms with Gasteiger partial charge in [-0.2, -0.15) is 5.26 Å². The molecule has 0 radical (unpaired) electrons. The van der Waals surface area contributed by atoms with E-state index in [1.165, 1.54) is 17.9 Å². The molecule has 1 aromatic heterocycles. The smallest absolute Gasteiger partial charge is 0.357 e. The molecular formula is C18H20N4O4S. The van der Waals surface area contributed by atoms with E-state index >= 15 is 0 Å². The summed E-state index contributed by atoms with van der Waals surface area (Å²) in [5, 5.41) is 9.18. The molecule has 8 nitrogen and oxygen atoms in total. The lowest BCUT2D eigenvalue weighted by molar-refractivity contribution is 0.0593. The summed E-state index contributed by atoms with van der Waals surface area (Å²) in [4.78, 5) is 14.1. The topological polar surface area (TPSA) is 118 Å².